The van der Waals surface area contributed by atoms with Crippen molar-refractivity contribution in [3.63, 3.8) is 0 Å². The maximum Gasteiger partial charge on any atom is 0.309 e. The van der Waals surface area contributed by atoms with Gasteiger partial charge < -0.3 is 10.8 Å². The fourth-order valence-electron chi connectivity index (χ4n) is 1.63. The largest absolute Gasteiger partial charge is 0.481 e. The average Bonchev–Trinajstić information content (AvgIpc) is 2.31. The van der Waals surface area contributed by atoms with E-state index in [1.54, 1.807) is 18.2 Å². The number of halogens is 1. The van der Waals surface area contributed by atoms with Crippen molar-refractivity contribution in [3.8, 4) is 11.1 Å². The number of anilines is 1. The fraction of sp³-hybridized carbons (Fsp3) is 0.0769. The van der Waals surface area contributed by atoms with Gasteiger partial charge in [-0.2, -0.15) is 0 Å². The molecule has 0 aliphatic carbocycles. The van der Waals surface area contributed by atoms with E-state index in [2.05, 4.69) is 4.98 Å². The van der Waals surface area contributed by atoms with Gasteiger partial charge in [0.1, 0.15) is 5.82 Å². The molecule has 0 fully saturated rings. The van der Waals surface area contributed by atoms with Crippen LogP contribution in [0.1, 0.15) is 5.69 Å². The molecule has 0 amide bonds. The Hall–Kier alpha value is -2.43. The lowest BCUT2D eigenvalue weighted by Gasteiger charge is -2.06. The van der Waals surface area contributed by atoms with Crippen LogP contribution in [0.5, 0.6) is 0 Å². The molecule has 0 spiro atoms. The first-order chi connectivity index (χ1) is 8.56. The van der Waals surface area contributed by atoms with Gasteiger partial charge in [0.15, 0.2) is 0 Å². The van der Waals surface area contributed by atoms with Crippen LogP contribution in [0.25, 0.3) is 11.1 Å². The number of carboxylic acids is 1. The number of nitrogens with two attached hydrogens (primary N) is 1. The zero-order valence-corrected chi connectivity index (χ0v) is 9.43. The van der Waals surface area contributed by atoms with Crippen LogP contribution in [0.2, 0.25) is 0 Å². The quantitative estimate of drug-likeness (QED) is 0.869. The van der Waals surface area contributed by atoms with E-state index in [9.17, 15) is 9.18 Å². The second-order valence-electron chi connectivity index (χ2n) is 3.84. The molecule has 1 heterocycles. The molecular formula is C13H11FN2O2. The number of nitrogen functional groups attached to an aromatic ring is 1. The Bertz CT molecular complexity index is 599. The molecule has 0 bridgehead atoms. The van der Waals surface area contributed by atoms with Gasteiger partial charge in [-0.15, -0.1) is 0 Å². The number of carbonyl (C=O) groups is 1. The highest BCUT2D eigenvalue weighted by molar-refractivity contribution is 5.74. The molecule has 0 unspecified atom stereocenters. The maximum atomic E-state index is 13.1. The zero-order valence-electron chi connectivity index (χ0n) is 9.43. The minimum atomic E-state index is -0.993. The van der Waals surface area contributed by atoms with Crippen LogP contribution in [0.4, 0.5) is 10.1 Å². The van der Waals surface area contributed by atoms with Crippen LogP contribution in [-0.2, 0) is 11.2 Å². The molecule has 0 saturated heterocycles. The number of hydrogen-bond donors (Lipinski definition) is 2. The first kappa shape index (κ1) is 12.0. The van der Waals surface area contributed by atoms with E-state index in [0.29, 0.717) is 22.5 Å². The van der Waals surface area contributed by atoms with E-state index in [1.807, 2.05) is 0 Å². The number of aromatic nitrogens is 1. The van der Waals surface area contributed by atoms with Crippen LogP contribution in [0, 0.1) is 5.82 Å². The van der Waals surface area contributed by atoms with Crippen molar-refractivity contribution in [2.24, 2.45) is 0 Å². The summed E-state index contributed by atoms with van der Waals surface area (Å²) in [4.78, 5) is 14.6. The van der Waals surface area contributed by atoms with E-state index in [4.69, 9.17) is 10.8 Å². The monoisotopic (exact) mass is 246 g/mol. The Kier molecular flexibility index (Phi) is 3.23. The van der Waals surface area contributed by atoms with Gasteiger partial charge >= 0.3 is 5.97 Å². The number of hydrogen-bond acceptors (Lipinski definition) is 3. The van der Waals surface area contributed by atoms with Gasteiger partial charge in [0.05, 0.1) is 17.8 Å². The lowest BCUT2D eigenvalue weighted by atomic mass is 10.1. The summed E-state index contributed by atoms with van der Waals surface area (Å²) < 4.78 is 13.1. The first-order valence-electron chi connectivity index (χ1n) is 5.28. The molecular weight excluding hydrogens is 235 g/mol. The molecule has 1 aromatic carbocycles. The molecule has 3 N–H and O–H groups in total. The van der Waals surface area contributed by atoms with Gasteiger partial charge in [0.2, 0.25) is 0 Å². The van der Waals surface area contributed by atoms with Gasteiger partial charge in [-0.05, 0) is 23.8 Å². The smallest absolute Gasteiger partial charge is 0.309 e. The van der Waals surface area contributed by atoms with Gasteiger partial charge in [0, 0.05) is 11.8 Å². The van der Waals surface area contributed by atoms with Crippen LogP contribution < -0.4 is 5.73 Å². The van der Waals surface area contributed by atoms with E-state index < -0.39 is 5.97 Å². The molecule has 92 valence electrons. The minimum absolute atomic E-state index is 0.227. The zero-order chi connectivity index (χ0) is 13.1. The third-order valence-electron chi connectivity index (χ3n) is 2.48. The Morgan fingerprint density at radius 1 is 1.33 bits per heavy atom. The molecule has 2 rings (SSSR count). The predicted octanol–water partition coefficient (Wildman–Crippen LogP) is 2.10. The van der Waals surface area contributed by atoms with Crippen molar-refractivity contribution in [1.29, 1.82) is 0 Å². The summed E-state index contributed by atoms with van der Waals surface area (Å²) in [5.41, 5.74) is 7.63. The van der Waals surface area contributed by atoms with Crippen molar-refractivity contribution < 1.29 is 14.3 Å². The SMILES string of the molecule is Nc1cc(-c2cccc(F)c2)cnc1CC(=O)O. The second kappa shape index (κ2) is 4.83. The predicted molar refractivity (Wildman–Crippen MR) is 65.4 cm³/mol. The summed E-state index contributed by atoms with van der Waals surface area (Å²) in [5, 5.41) is 8.67. The Morgan fingerprint density at radius 3 is 2.72 bits per heavy atom. The van der Waals surface area contributed by atoms with Gasteiger partial charge in [-0.3, -0.25) is 9.78 Å². The Labute approximate surface area is 103 Å². The molecule has 0 saturated carbocycles. The Balaban J connectivity index is 2.37. The number of rotatable bonds is 3. The van der Waals surface area contributed by atoms with Crippen molar-refractivity contribution >= 4 is 11.7 Å². The molecule has 2 aromatic rings. The standard InChI is InChI=1S/C13H11FN2O2/c14-10-3-1-2-8(4-10)9-5-11(15)12(16-7-9)6-13(17)18/h1-5,7H,6,15H2,(H,17,18). The lowest BCUT2D eigenvalue weighted by molar-refractivity contribution is -0.136. The molecule has 0 radical (unpaired) electrons. The van der Waals surface area contributed by atoms with E-state index in [0.717, 1.165) is 0 Å². The molecule has 5 heteroatoms. The summed E-state index contributed by atoms with van der Waals surface area (Å²) in [6, 6.07) is 7.63. The van der Waals surface area contributed by atoms with Crippen molar-refractivity contribution in [3.05, 3.63) is 48.0 Å². The van der Waals surface area contributed by atoms with Crippen molar-refractivity contribution in [1.82, 2.24) is 4.98 Å². The first-order valence-corrected chi connectivity index (χ1v) is 5.28. The molecule has 0 atom stereocenters. The molecule has 4 nitrogen and oxygen atoms in total. The van der Waals surface area contributed by atoms with Gasteiger partial charge in [0.25, 0.3) is 0 Å². The third kappa shape index (κ3) is 2.63. The van der Waals surface area contributed by atoms with Crippen LogP contribution in [0.15, 0.2) is 36.5 Å². The average molecular weight is 246 g/mol. The van der Waals surface area contributed by atoms with Crippen LogP contribution in [-0.4, -0.2) is 16.1 Å². The molecule has 1 aromatic heterocycles. The molecule has 0 aliphatic rings. The summed E-state index contributed by atoms with van der Waals surface area (Å²) in [7, 11) is 0. The highest BCUT2D eigenvalue weighted by Gasteiger charge is 2.08. The molecule has 0 aliphatic heterocycles. The Morgan fingerprint density at radius 2 is 2.11 bits per heavy atom. The van der Waals surface area contributed by atoms with Gasteiger partial charge in [-0.1, -0.05) is 12.1 Å². The highest BCUT2D eigenvalue weighted by atomic mass is 19.1. The van der Waals surface area contributed by atoms with Crippen molar-refractivity contribution in [2.75, 3.05) is 5.73 Å². The summed E-state index contributed by atoms with van der Waals surface area (Å²) >= 11 is 0. The maximum absolute atomic E-state index is 13.1. The lowest BCUT2D eigenvalue weighted by Crippen LogP contribution is -2.06. The minimum Gasteiger partial charge on any atom is -0.481 e. The van der Waals surface area contributed by atoms with Crippen LogP contribution >= 0.6 is 0 Å². The second-order valence-corrected chi connectivity index (χ2v) is 3.84. The molecule has 18 heavy (non-hydrogen) atoms. The number of nitrogens with zero attached hydrogens (tertiary/aromatic N) is 1. The fourth-order valence-corrected chi connectivity index (χ4v) is 1.63. The number of pyridine rings is 1. The third-order valence-corrected chi connectivity index (χ3v) is 2.48. The highest BCUT2D eigenvalue weighted by Crippen LogP contribution is 2.23. The summed E-state index contributed by atoms with van der Waals surface area (Å²) in [6.07, 6.45) is 1.26. The van der Waals surface area contributed by atoms with Gasteiger partial charge in [-0.25, -0.2) is 4.39 Å². The number of carboxylic acid groups (broad SMARTS) is 1. The van der Waals surface area contributed by atoms with Crippen molar-refractivity contribution in [2.45, 2.75) is 6.42 Å². The van der Waals surface area contributed by atoms with E-state index in [1.165, 1.54) is 18.3 Å². The van der Waals surface area contributed by atoms with E-state index in [-0.39, 0.29) is 12.2 Å². The van der Waals surface area contributed by atoms with E-state index >= 15 is 0 Å². The normalized spacial score (nSPS) is 10.3. The topological polar surface area (TPSA) is 76.2 Å². The number of aliphatic carboxylic acids is 1. The van der Waals surface area contributed by atoms with Crippen LogP contribution in [0.3, 0.4) is 0 Å². The summed E-state index contributed by atoms with van der Waals surface area (Å²) in [6.45, 7) is 0. The summed E-state index contributed by atoms with van der Waals surface area (Å²) in [5.74, 6) is -1.34. The number of benzene rings is 1.